The minimum Gasteiger partial charge on any atom is -0.496 e. The molecule has 0 aliphatic rings. The third kappa shape index (κ3) is 4.47. The summed E-state index contributed by atoms with van der Waals surface area (Å²) in [6.45, 7) is -0.112. The minimum absolute atomic E-state index is 0.112. The molecule has 0 atom stereocenters. The molecule has 1 aromatic heterocycles. The summed E-state index contributed by atoms with van der Waals surface area (Å²) >= 11 is 0. The summed E-state index contributed by atoms with van der Waals surface area (Å²) in [6, 6.07) is 15.5. The third-order valence-electron chi connectivity index (χ3n) is 3.86. The summed E-state index contributed by atoms with van der Waals surface area (Å²) in [5, 5.41) is 9.02. The second kappa shape index (κ2) is 8.72. The topological polar surface area (TPSA) is 103 Å². The van der Waals surface area contributed by atoms with Gasteiger partial charge < -0.3 is 24.6 Å². The normalized spacial score (nSPS) is 10.2. The maximum absolute atomic E-state index is 12.5. The van der Waals surface area contributed by atoms with E-state index in [0.29, 0.717) is 28.5 Å². The molecule has 3 rings (SSSR count). The van der Waals surface area contributed by atoms with Gasteiger partial charge in [-0.1, -0.05) is 23.4 Å². The maximum atomic E-state index is 12.5. The van der Waals surface area contributed by atoms with Gasteiger partial charge in [0.15, 0.2) is 18.1 Å². The van der Waals surface area contributed by atoms with Crippen molar-refractivity contribution in [2.24, 2.45) is 0 Å². The molecule has 2 aromatic carbocycles. The fourth-order valence-corrected chi connectivity index (χ4v) is 2.44. The van der Waals surface area contributed by atoms with E-state index in [1.54, 1.807) is 43.5 Å². The molecule has 0 radical (unpaired) electrons. The molecule has 2 N–H and O–H groups in total. The number of benzene rings is 2. The smallest absolute Gasteiger partial charge is 0.277 e. The molecule has 0 aliphatic carbocycles. The number of amides is 2. The number of aromatic nitrogens is 1. The Hall–Kier alpha value is -3.81. The van der Waals surface area contributed by atoms with Crippen molar-refractivity contribution in [2.75, 3.05) is 26.1 Å². The fraction of sp³-hybridized carbons (Fsp3) is 0.150. The van der Waals surface area contributed by atoms with Crippen LogP contribution in [0.15, 0.2) is 59.1 Å². The van der Waals surface area contributed by atoms with Crippen LogP contribution in [-0.2, 0) is 4.79 Å². The number of ether oxygens (including phenoxy) is 2. The lowest BCUT2D eigenvalue weighted by molar-refractivity contribution is -0.122. The number of carbonyl (C=O) groups excluding carboxylic acids is 2. The van der Waals surface area contributed by atoms with Crippen LogP contribution < -0.4 is 20.1 Å². The van der Waals surface area contributed by atoms with E-state index in [1.807, 2.05) is 18.2 Å². The van der Waals surface area contributed by atoms with Crippen molar-refractivity contribution in [3.05, 3.63) is 60.3 Å². The summed E-state index contributed by atoms with van der Waals surface area (Å²) in [5.74, 6) is 0.808. The van der Waals surface area contributed by atoms with Gasteiger partial charge in [-0.3, -0.25) is 9.59 Å². The summed E-state index contributed by atoms with van der Waals surface area (Å²) < 4.78 is 16.0. The molecule has 0 fully saturated rings. The summed E-state index contributed by atoms with van der Waals surface area (Å²) in [4.78, 5) is 23.7. The molecule has 2 amide bonds. The van der Waals surface area contributed by atoms with E-state index in [9.17, 15) is 9.59 Å². The SMILES string of the molecule is CNC(=O)COc1cccc(NC(=O)c2cc(-c3ccccc3OC)on2)c1. The van der Waals surface area contributed by atoms with Crippen LogP contribution in [0.25, 0.3) is 11.3 Å². The molecular formula is C20H19N3O5. The second-order valence-corrected chi connectivity index (χ2v) is 5.72. The molecule has 0 aliphatic heterocycles. The van der Waals surface area contributed by atoms with Crippen molar-refractivity contribution >= 4 is 17.5 Å². The zero-order valence-electron chi connectivity index (χ0n) is 15.4. The molecule has 0 spiro atoms. The number of hydrogen-bond acceptors (Lipinski definition) is 6. The van der Waals surface area contributed by atoms with Crippen LogP contribution in [0.5, 0.6) is 11.5 Å². The molecule has 144 valence electrons. The maximum Gasteiger partial charge on any atom is 0.277 e. The highest BCUT2D eigenvalue weighted by Gasteiger charge is 2.16. The van der Waals surface area contributed by atoms with E-state index in [0.717, 1.165) is 0 Å². The van der Waals surface area contributed by atoms with Crippen LogP contribution in [0.1, 0.15) is 10.5 Å². The van der Waals surface area contributed by atoms with Gasteiger partial charge in [-0.2, -0.15) is 0 Å². The number of methoxy groups -OCH3 is 1. The van der Waals surface area contributed by atoms with Crippen molar-refractivity contribution in [1.82, 2.24) is 10.5 Å². The summed E-state index contributed by atoms with van der Waals surface area (Å²) in [5.41, 5.74) is 1.32. The number of carbonyl (C=O) groups is 2. The zero-order valence-corrected chi connectivity index (χ0v) is 15.4. The monoisotopic (exact) mass is 381 g/mol. The Kier molecular flexibility index (Phi) is 5.91. The van der Waals surface area contributed by atoms with Gasteiger partial charge in [-0.05, 0) is 24.3 Å². The van der Waals surface area contributed by atoms with Gasteiger partial charge in [0.05, 0.1) is 12.7 Å². The molecule has 3 aromatic rings. The Morgan fingerprint density at radius 1 is 1.11 bits per heavy atom. The first-order valence-electron chi connectivity index (χ1n) is 8.45. The van der Waals surface area contributed by atoms with E-state index in [2.05, 4.69) is 15.8 Å². The quantitative estimate of drug-likeness (QED) is 0.652. The highest BCUT2D eigenvalue weighted by atomic mass is 16.5. The van der Waals surface area contributed by atoms with Crippen LogP contribution >= 0.6 is 0 Å². The molecule has 0 bridgehead atoms. The predicted molar refractivity (Wildman–Crippen MR) is 102 cm³/mol. The average Bonchev–Trinajstić information content (AvgIpc) is 3.22. The van der Waals surface area contributed by atoms with Gasteiger partial charge in [0.1, 0.15) is 11.5 Å². The Balaban J connectivity index is 1.70. The fourth-order valence-electron chi connectivity index (χ4n) is 2.44. The minimum atomic E-state index is -0.437. The van der Waals surface area contributed by atoms with Crippen molar-refractivity contribution in [3.63, 3.8) is 0 Å². The van der Waals surface area contributed by atoms with Gasteiger partial charge in [0.25, 0.3) is 11.8 Å². The zero-order chi connectivity index (χ0) is 19.9. The molecule has 1 heterocycles. The van der Waals surface area contributed by atoms with Gasteiger partial charge >= 0.3 is 0 Å². The van der Waals surface area contributed by atoms with Gasteiger partial charge in [0.2, 0.25) is 0 Å². The van der Waals surface area contributed by atoms with Crippen LogP contribution in [-0.4, -0.2) is 37.7 Å². The van der Waals surface area contributed by atoms with E-state index < -0.39 is 5.91 Å². The lowest BCUT2D eigenvalue weighted by atomic mass is 10.1. The number of likely N-dealkylation sites (N-methyl/N-ethyl adjacent to an activating group) is 1. The van der Waals surface area contributed by atoms with Gasteiger partial charge in [0, 0.05) is 24.9 Å². The third-order valence-corrected chi connectivity index (χ3v) is 3.86. The number of para-hydroxylation sites is 1. The van der Waals surface area contributed by atoms with Crippen molar-refractivity contribution in [2.45, 2.75) is 0 Å². The molecule has 0 unspecified atom stereocenters. The summed E-state index contributed by atoms with van der Waals surface area (Å²) in [7, 11) is 3.08. The lowest BCUT2D eigenvalue weighted by Crippen LogP contribution is -2.24. The van der Waals surface area contributed by atoms with E-state index >= 15 is 0 Å². The largest absolute Gasteiger partial charge is 0.496 e. The van der Waals surface area contributed by atoms with Gasteiger partial charge in [-0.15, -0.1) is 0 Å². The Morgan fingerprint density at radius 2 is 1.93 bits per heavy atom. The molecular weight excluding hydrogens is 362 g/mol. The Morgan fingerprint density at radius 3 is 2.71 bits per heavy atom. The number of hydrogen-bond donors (Lipinski definition) is 2. The summed E-state index contributed by atoms with van der Waals surface area (Å²) in [6.07, 6.45) is 0. The second-order valence-electron chi connectivity index (χ2n) is 5.72. The Labute approximate surface area is 161 Å². The van der Waals surface area contributed by atoms with Crippen LogP contribution in [0.4, 0.5) is 5.69 Å². The number of anilines is 1. The van der Waals surface area contributed by atoms with E-state index in [1.165, 1.54) is 7.05 Å². The number of nitrogens with one attached hydrogen (secondary N) is 2. The van der Waals surface area contributed by atoms with Crippen LogP contribution in [0.3, 0.4) is 0 Å². The van der Waals surface area contributed by atoms with E-state index in [4.69, 9.17) is 14.0 Å². The number of nitrogens with zero attached hydrogens (tertiary/aromatic N) is 1. The first-order valence-corrected chi connectivity index (χ1v) is 8.45. The first-order chi connectivity index (χ1) is 13.6. The van der Waals surface area contributed by atoms with Crippen LogP contribution in [0.2, 0.25) is 0 Å². The predicted octanol–water partition coefficient (Wildman–Crippen LogP) is 2.73. The number of rotatable bonds is 7. The van der Waals surface area contributed by atoms with Crippen molar-refractivity contribution in [1.29, 1.82) is 0 Å². The van der Waals surface area contributed by atoms with Gasteiger partial charge in [-0.25, -0.2) is 0 Å². The highest BCUT2D eigenvalue weighted by molar-refractivity contribution is 6.03. The molecule has 8 heteroatoms. The molecule has 0 saturated heterocycles. The molecule has 8 nitrogen and oxygen atoms in total. The highest BCUT2D eigenvalue weighted by Crippen LogP contribution is 2.30. The average molecular weight is 381 g/mol. The molecule has 0 saturated carbocycles. The Bertz CT molecular complexity index is 983. The van der Waals surface area contributed by atoms with Crippen molar-refractivity contribution in [3.8, 4) is 22.8 Å². The first kappa shape index (κ1) is 19.0. The lowest BCUT2D eigenvalue weighted by Gasteiger charge is -2.07. The molecule has 28 heavy (non-hydrogen) atoms. The standard InChI is InChI=1S/C20H19N3O5/c1-21-19(24)12-27-14-7-5-6-13(10-14)22-20(25)16-11-18(28-23-16)15-8-3-4-9-17(15)26-2/h3-11H,12H2,1-2H3,(H,21,24)(H,22,25). The van der Waals surface area contributed by atoms with E-state index in [-0.39, 0.29) is 18.2 Å². The van der Waals surface area contributed by atoms with Crippen molar-refractivity contribution < 1.29 is 23.6 Å². The van der Waals surface area contributed by atoms with Crippen LogP contribution in [0, 0.1) is 0 Å².